The van der Waals surface area contributed by atoms with Crippen molar-refractivity contribution in [3.05, 3.63) is 0 Å². The number of hydrogen-bond acceptors (Lipinski definition) is 6. The Morgan fingerprint density at radius 3 is 1.73 bits per heavy atom. The van der Waals surface area contributed by atoms with E-state index in [1.807, 2.05) is 41.5 Å². The number of rotatable bonds is 8. The Kier molecular flexibility index (Phi) is 8.24. The summed E-state index contributed by atoms with van der Waals surface area (Å²) in [6.45, 7) is 12.0. The first-order valence-electron chi connectivity index (χ1n) is 8.05. The van der Waals surface area contributed by atoms with Crippen LogP contribution in [0.1, 0.15) is 41.5 Å². The van der Waals surface area contributed by atoms with Gasteiger partial charge in [0.1, 0.15) is 24.4 Å². The van der Waals surface area contributed by atoms with E-state index in [-0.39, 0.29) is 24.4 Å². The van der Waals surface area contributed by atoms with Gasteiger partial charge in [-0.2, -0.15) is 0 Å². The van der Waals surface area contributed by atoms with Crippen molar-refractivity contribution in [1.82, 2.24) is 0 Å². The van der Waals surface area contributed by atoms with E-state index in [1.54, 1.807) is 7.11 Å². The van der Waals surface area contributed by atoms with E-state index >= 15 is 0 Å². The van der Waals surface area contributed by atoms with E-state index in [1.165, 1.54) is 0 Å². The van der Waals surface area contributed by atoms with Gasteiger partial charge in [0.15, 0.2) is 6.29 Å². The standard InChI is InChI=1S/C16H32O6/c1-9(2)19-13-12(8-18-7)22-16(17)15(21-11(5)6)14(13)20-10(3)4/h9-17H,8H2,1-7H3/t12?,13?,14-,15?,16+/m0/s1. The second-order valence-corrected chi connectivity index (χ2v) is 6.47. The zero-order chi connectivity index (χ0) is 16.9. The van der Waals surface area contributed by atoms with Gasteiger partial charge < -0.3 is 28.8 Å². The third kappa shape index (κ3) is 5.76. The minimum Gasteiger partial charge on any atom is -0.382 e. The molecule has 3 unspecified atom stereocenters. The van der Waals surface area contributed by atoms with Crippen LogP contribution in [0.5, 0.6) is 0 Å². The fraction of sp³-hybridized carbons (Fsp3) is 1.00. The number of ether oxygens (including phenoxy) is 5. The van der Waals surface area contributed by atoms with Gasteiger partial charge in [-0.15, -0.1) is 0 Å². The molecule has 0 aliphatic carbocycles. The Hall–Kier alpha value is -0.240. The fourth-order valence-corrected chi connectivity index (χ4v) is 2.60. The first-order chi connectivity index (χ1) is 10.3. The molecule has 0 amide bonds. The van der Waals surface area contributed by atoms with Gasteiger partial charge in [-0.05, 0) is 41.5 Å². The molecule has 1 fully saturated rings. The maximum atomic E-state index is 10.3. The molecule has 0 radical (unpaired) electrons. The molecule has 0 aromatic heterocycles. The maximum Gasteiger partial charge on any atom is 0.184 e. The highest BCUT2D eigenvalue weighted by molar-refractivity contribution is 4.93. The Morgan fingerprint density at radius 1 is 0.818 bits per heavy atom. The van der Waals surface area contributed by atoms with Crippen LogP contribution in [-0.4, -0.2) is 67.8 Å². The lowest BCUT2D eigenvalue weighted by atomic mass is 9.97. The lowest BCUT2D eigenvalue weighted by molar-refractivity contribution is -0.323. The predicted molar refractivity (Wildman–Crippen MR) is 82.8 cm³/mol. The minimum atomic E-state index is -1.07. The van der Waals surface area contributed by atoms with Crippen molar-refractivity contribution in [2.45, 2.75) is 90.6 Å². The minimum absolute atomic E-state index is 0.00108. The Bertz CT molecular complexity index is 307. The molecule has 1 heterocycles. The molecule has 1 aliphatic rings. The molecule has 22 heavy (non-hydrogen) atoms. The highest BCUT2D eigenvalue weighted by Crippen LogP contribution is 2.29. The van der Waals surface area contributed by atoms with Crippen LogP contribution in [-0.2, 0) is 23.7 Å². The smallest absolute Gasteiger partial charge is 0.184 e. The number of aliphatic hydroxyl groups is 1. The summed E-state index contributed by atoms with van der Waals surface area (Å²) in [5.74, 6) is 0. The molecule has 132 valence electrons. The van der Waals surface area contributed by atoms with E-state index in [2.05, 4.69) is 0 Å². The summed E-state index contributed by atoms with van der Waals surface area (Å²) in [5.41, 5.74) is 0. The SMILES string of the molecule is COCC1O[C@@H](O)C(OC(C)C)[C@@H](OC(C)C)C1OC(C)C. The van der Waals surface area contributed by atoms with Gasteiger partial charge in [0.05, 0.1) is 24.9 Å². The molecule has 0 spiro atoms. The van der Waals surface area contributed by atoms with Gasteiger partial charge in [0, 0.05) is 7.11 Å². The summed E-state index contributed by atoms with van der Waals surface area (Å²) in [7, 11) is 1.59. The van der Waals surface area contributed by atoms with Crippen molar-refractivity contribution in [1.29, 1.82) is 0 Å². The Morgan fingerprint density at radius 2 is 1.27 bits per heavy atom. The molecule has 0 aromatic rings. The Labute approximate surface area is 134 Å². The molecular formula is C16H32O6. The molecule has 1 saturated heterocycles. The third-order valence-electron chi connectivity index (χ3n) is 3.23. The van der Waals surface area contributed by atoms with E-state index < -0.39 is 24.6 Å². The van der Waals surface area contributed by atoms with Gasteiger partial charge in [0.25, 0.3) is 0 Å². The van der Waals surface area contributed by atoms with Gasteiger partial charge in [-0.1, -0.05) is 0 Å². The summed E-state index contributed by atoms with van der Waals surface area (Å²) in [6, 6.07) is 0. The Balaban J connectivity index is 3.02. The second kappa shape index (κ2) is 9.15. The van der Waals surface area contributed by atoms with Crippen LogP contribution in [0.3, 0.4) is 0 Å². The third-order valence-corrected chi connectivity index (χ3v) is 3.23. The number of hydrogen-bond donors (Lipinski definition) is 1. The van der Waals surface area contributed by atoms with Crippen LogP contribution in [0.15, 0.2) is 0 Å². The van der Waals surface area contributed by atoms with Crippen molar-refractivity contribution in [2.24, 2.45) is 0 Å². The molecule has 1 N–H and O–H groups in total. The molecule has 1 aliphatic heterocycles. The molecule has 5 atom stereocenters. The highest BCUT2D eigenvalue weighted by atomic mass is 16.7. The van der Waals surface area contributed by atoms with Crippen LogP contribution in [0.4, 0.5) is 0 Å². The summed E-state index contributed by atoms with van der Waals surface area (Å²) < 4.78 is 28.7. The van der Waals surface area contributed by atoms with E-state index in [0.29, 0.717) is 6.61 Å². The fourth-order valence-electron chi connectivity index (χ4n) is 2.60. The average Bonchev–Trinajstić information content (AvgIpc) is 2.37. The highest BCUT2D eigenvalue weighted by Gasteiger charge is 2.48. The number of aliphatic hydroxyl groups excluding tert-OH is 1. The first kappa shape index (κ1) is 19.8. The van der Waals surface area contributed by atoms with Crippen LogP contribution in [0.2, 0.25) is 0 Å². The van der Waals surface area contributed by atoms with Crippen molar-refractivity contribution in [2.75, 3.05) is 13.7 Å². The van der Waals surface area contributed by atoms with Crippen LogP contribution < -0.4 is 0 Å². The normalized spacial score (nSPS) is 33.1. The maximum absolute atomic E-state index is 10.3. The summed E-state index contributed by atoms with van der Waals surface area (Å²) in [5, 5.41) is 10.3. The van der Waals surface area contributed by atoms with Crippen LogP contribution in [0.25, 0.3) is 0 Å². The second-order valence-electron chi connectivity index (χ2n) is 6.47. The average molecular weight is 320 g/mol. The largest absolute Gasteiger partial charge is 0.382 e. The van der Waals surface area contributed by atoms with E-state index in [0.717, 1.165) is 0 Å². The van der Waals surface area contributed by atoms with Gasteiger partial charge >= 0.3 is 0 Å². The predicted octanol–water partition coefficient (Wildman–Crippen LogP) is 1.73. The topological polar surface area (TPSA) is 66.4 Å². The quantitative estimate of drug-likeness (QED) is 0.735. The van der Waals surface area contributed by atoms with Gasteiger partial charge in [-0.25, -0.2) is 0 Å². The van der Waals surface area contributed by atoms with Crippen molar-refractivity contribution >= 4 is 0 Å². The molecule has 0 aromatic carbocycles. The van der Waals surface area contributed by atoms with E-state index in [4.69, 9.17) is 23.7 Å². The van der Waals surface area contributed by atoms with E-state index in [9.17, 15) is 5.11 Å². The van der Waals surface area contributed by atoms with Crippen molar-refractivity contribution in [3.63, 3.8) is 0 Å². The molecule has 6 heteroatoms. The summed E-state index contributed by atoms with van der Waals surface area (Å²) in [6.07, 6.45) is -2.93. The molecular weight excluding hydrogens is 288 g/mol. The molecule has 0 bridgehead atoms. The van der Waals surface area contributed by atoms with Gasteiger partial charge in [-0.3, -0.25) is 0 Å². The van der Waals surface area contributed by atoms with Crippen LogP contribution >= 0.6 is 0 Å². The lowest BCUT2D eigenvalue weighted by Crippen LogP contribution is -2.62. The van der Waals surface area contributed by atoms with Crippen LogP contribution in [0, 0.1) is 0 Å². The molecule has 6 nitrogen and oxygen atoms in total. The summed E-state index contributed by atoms with van der Waals surface area (Å²) >= 11 is 0. The summed E-state index contributed by atoms with van der Waals surface area (Å²) in [4.78, 5) is 0. The zero-order valence-electron chi connectivity index (χ0n) is 14.8. The lowest BCUT2D eigenvalue weighted by Gasteiger charge is -2.46. The van der Waals surface area contributed by atoms with Gasteiger partial charge in [0.2, 0.25) is 0 Å². The molecule has 1 rings (SSSR count). The van der Waals surface area contributed by atoms with Crippen molar-refractivity contribution in [3.8, 4) is 0 Å². The molecule has 0 saturated carbocycles. The zero-order valence-corrected chi connectivity index (χ0v) is 14.8. The number of methoxy groups -OCH3 is 1. The monoisotopic (exact) mass is 320 g/mol. The first-order valence-corrected chi connectivity index (χ1v) is 8.05. The van der Waals surface area contributed by atoms with Crippen molar-refractivity contribution < 1.29 is 28.8 Å².